The molecule has 0 aliphatic heterocycles. The second-order valence-corrected chi connectivity index (χ2v) is 3.22. The Hall–Kier alpha value is -2.05. The van der Waals surface area contributed by atoms with E-state index in [1.807, 2.05) is 5.10 Å². The highest BCUT2D eigenvalue weighted by molar-refractivity contribution is 5.64. The van der Waals surface area contributed by atoms with E-state index >= 15 is 0 Å². The molecule has 2 aromatic heterocycles. The molecule has 90 valence electrons. The molecule has 2 heterocycles. The lowest BCUT2D eigenvalue weighted by Crippen LogP contribution is -2.04. The van der Waals surface area contributed by atoms with Gasteiger partial charge in [0.05, 0.1) is 18.4 Å². The molecule has 2 rings (SSSR count). The van der Waals surface area contributed by atoms with Gasteiger partial charge in [0.25, 0.3) is 0 Å². The zero-order valence-electron chi connectivity index (χ0n) is 8.75. The minimum atomic E-state index is -4.44. The van der Waals surface area contributed by atoms with Crippen LogP contribution in [0.1, 0.15) is 5.69 Å². The summed E-state index contributed by atoms with van der Waals surface area (Å²) in [5.74, 6) is 0.229. The maximum atomic E-state index is 12.4. The molecule has 7 heteroatoms. The third-order valence-electron chi connectivity index (χ3n) is 2.12. The van der Waals surface area contributed by atoms with Crippen molar-refractivity contribution in [1.29, 1.82) is 0 Å². The van der Waals surface area contributed by atoms with Crippen LogP contribution in [-0.2, 0) is 6.18 Å². The van der Waals surface area contributed by atoms with E-state index in [1.165, 1.54) is 13.3 Å². The predicted octanol–water partition coefficient (Wildman–Crippen LogP) is 2.50. The Balaban J connectivity index is 2.44. The molecule has 4 nitrogen and oxygen atoms in total. The van der Waals surface area contributed by atoms with Crippen molar-refractivity contribution < 1.29 is 17.9 Å². The number of ether oxygens (including phenoxy) is 1. The lowest BCUT2D eigenvalue weighted by Gasteiger charge is -2.03. The fraction of sp³-hybridized carbons (Fsp3) is 0.200. The SMILES string of the molecule is COc1ncccc1-c1cc(C(F)(F)F)[nH]n1. The van der Waals surface area contributed by atoms with Crippen LogP contribution in [0.2, 0.25) is 0 Å². The minimum absolute atomic E-state index is 0.141. The highest BCUT2D eigenvalue weighted by Crippen LogP contribution is 2.32. The van der Waals surface area contributed by atoms with E-state index in [-0.39, 0.29) is 11.6 Å². The number of aromatic amines is 1. The lowest BCUT2D eigenvalue weighted by molar-refractivity contribution is -0.141. The maximum Gasteiger partial charge on any atom is 0.432 e. The quantitative estimate of drug-likeness (QED) is 0.881. The standard InChI is InChI=1S/C10H8F3N3O/c1-17-9-6(3-2-4-14-9)7-5-8(16-15-7)10(11,12)13/h2-5H,1H3,(H,15,16). The van der Waals surface area contributed by atoms with Crippen LogP contribution < -0.4 is 4.74 Å². The first kappa shape index (κ1) is 11.4. The van der Waals surface area contributed by atoms with E-state index in [4.69, 9.17) is 4.74 Å². The monoisotopic (exact) mass is 243 g/mol. The molecule has 0 saturated heterocycles. The molecule has 0 radical (unpaired) electrons. The molecule has 0 unspecified atom stereocenters. The van der Waals surface area contributed by atoms with Gasteiger partial charge in [-0.1, -0.05) is 0 Å². The number of aromatic nitrogens is 3. The van der Waals surface area contributed by atoms with Crippen molar-refractivity contribution in [1.82, 2.24) is 15.2 Å². The third kappa shape index (κ3) is 2.22. The summed E-state index contributed by atoms with van der Waals surface area (Å²) in [6.07, 6.45) is -2.96. The van der Waals surface area contributed by atoms with E-state index in [0.717, 1.165) is 6.07 Å². The molecule has 2 aromatic rings. The van der Waals surface area contributed by atoms with Crippen molar-refractivity contribution in [3.63, 3.8) is 0 Å². The summed E-state index contributed by atoms with van der Waals surface area (Å²) in [5, 5.41) is 5.53. The molecule has 0 atom stereocenters. The Labute approximate surface area is 94.4 Å². The van der Waals surface area contributed by atoms with Gasteiger partial charge in [0.1, 0.15) is 5.69 Å². The van der Waals surface area contributed by atoms with Crippen molar-refractivity contribution in [3.8, 4) is 17.1 Å². The van der Waals surface area contributed by atoms with Gasteiger partial charge in [0, 0.05) is 6.20 Å². The van der Waals surface area contributed by atoms with Gasteiger partial charge < -0.3 is 4.74 Å². The highest BCUT2D eigenvalue weighted by Gasteiger charge is 2.33. The molecule has 0 aliphatic rings. The van der Waals surface area contributed by atoms with E-state index < -0.39 is 11.9 Å². The fourth-order valence-corrected chi connectivity index (χ4v) is 1.35. The van der Waals surface area contributed by atoms with Gasteiger partial charge in [-0.25, -0.2) is 4.98 Å². The summed E-state index contributed by atoms with van der Waals surface area (Å²) in [6, 6.07) is 4.10. The first-order chi connectivity index (χ1) is 8.02. The number of methoxy groups -OCH3 is 1. The molecule has 0 aromatic carbocycles. The second kappa shape index (κ2) is 4.08. The molecule has 0 saturated carbocycles. The van der Waals surface area contributed by atoms with E-state index in [9.17, 15) is 13.2 Å². The zero-order valence-corrected chi connectivity index (χ0v) is 8.75. The topological polar surface area (TPSA) is 50.8 Å². The molecule has 0 fully saturated rings. The summed E-state index contributed by atoms with van der Waals surface area (Å²) in [4.78, 5) is 3.89. The smallest absolute Gasteiger partial charge is 0.432 e. The fourth-order valence-electron chi connectivity index (χ4n) is 1.35. The average Bonchev–Trinajstić information content (AvgIpc) is 2.77. The van der Waals surface area contributed by atoms with Crippen LogP contribution in [0.15, 0.2) is 24.4 Å². The number of rotatable bonds is 2. The van der Waals surface area contributed by atoms with Gasteiger partial charge in [0.15, 0.2) is 0 Å². The number of pyridine rings is 1. The number of hydrogen-bond acceptors (Lipinski definition) is 3. The minimum Gasteiger partial charge on any atom is -0.481 e. The normalized spacial score (nSPS) is 11.5. The van der Waals surface area contributed by atoms with Crippen LogP contribution in [0.25, 0.3) is 11.3 Å². The van der Waals surface area contributed by atoms with Crippen molar-refractivity contribution in [2.45, 2.75) is 6.18 Å². The van der Waals surface area contributed by atoms with Gasteiger partial charge in [-0.2, -0.15) is 18.3 Å². The van der Waals surface area contributed by atoms with Crippen LogP contribution in [0.5, 0.6) is 5.88 Å². The Morgan fingerprint density at radius 1 is 1.35 bits per heavy atom. The van der Waals surface area contributed by atoms with Crippen molar-refractivity contribution in [2.24, 2.45) is 0 Å². The van der Waals surface area contributed by atoms with Gasteiger partial charge in [-0.3, -0.25) is 5.10 Å². The third-order valence-corrected chi connectivity index (χ3v) is 2.12. The van der Waals surface area contributed by atoms with E-state index in [0.29, 0.717) is 5.56 Å². The molecule has 0 spiro atoms. The first-order valence-electron chi connectivity index (χ1n) is 4.64. The summed E-state index contributed by atoms with van der Waals surface area (Å²) < 4.78 is 42.1. The zero-order chi connectivity index (χ0) is 12.5. The van der Waals surface area contributed by atoms with Crippen molar-refractivity contribution in [2.75, 3.05) is 7.11 Å². The number of nitrogens with one attached hydrogen (secondary N) is 1. The number of H-pyrrole nitrogens is 1. The van der Waals surface area contributed by atoms with Crippen LogP contribution in [0.4, 0.5) is 13.2 Å². The Kier molecular flexibility index (Phi) is 2.74. The molecule has 0 aliphatic carbocycles. The second-order valence-electron chi connectivity index (χ2n) is 3.22. The molecule has 1 N–H and O–H groups in total. The van der Waals surface area contributed by atoms with Gasteiger partial charge in [-0.15, -0.1) is 0 Å². The van der Waals surface area contributed by atoms with Crippen LogP contribution in [0.3, 0.4) is 0 Å². The van der Waals surface area contributed by atoms with Crippen LogP contribution in [-0.4, -0.2) is 22.3 Å². The molecular weight excluding hydrogens is 235 g/mol. The largest absolute Gasteiger partial charge is 0.481 e. The van der Waals surface area contributed by atoms with Gasteiger partial charge in [0.2, 0.25) is 5.88 Å². The molecular formula is C10H8F3N3O. The predicted molar refractivity (Wildman–Crippen MR) is 53.4 cm³/mol. The van der Waals surface area contributed by atoms with Crippen LogP contribution >= 0.6 is 0 Å². The number of halogens is 3. The van der Waals surface area contributed by atoms with Gasteiger partial charge >= 0.3 is 6.18 Å². The molecule has 0 amide bonds. The summed E-state index contributed by atoms with van der Waals surface area (Å²) in [7, 11) is 1.39. The van der Waals surface area contributed by atoms with Crippen molar-refractivity contribution in [3.05, 3.63) is 30.1 Å². The van der Waals surface area contributed by atoms with Gasteiger partial charge in [-0.05, 0) is 18.2 Å². The Morgan fingerprint density at radius 2 is 2.12 bits per heavy atom. The summed E-state index contributed by atoms with van der Waals surface area (Å²) in [6.45, 7) is 0. The number of alkyl halides is 3. The number of hydrogen-bond donors (Lipinski definition) is 1. The lowest BCUT2D eigenvalue weighted by atomic mass is 10.2. The Morgan fingerprint density at radius 3 is 2.71 bits per heavy atom. The molecule has 0 bridgehead atoms. The first-order valence-corrected chi connectivity index (χ1v) is 4.64. The molecule has 17 heavy (non-hydrogen) atoms. The maximum absolute atomic E-state index is 12.4. The summed E-state index contributed by atoms with van der Waals surface area (Å²) >= 11 is 0. The van der Waals surface area contributed by atoms with E-state index in [1.54, 1.807) is 12.1 Å². The van der Waals surface area contributed by atoms with E-state index in [2.05, 4.69) is 10.1 Å². The average molecular weight is 243 g/mol. The number of nitrogens with zero attached hydrogens (tertiary/aromatic N) is 2. The van der Waals surface area contributed by atoms with Crippen LogP contribution in [0, 0.1) is 0 Å². The Bertz CT molecular complexity index is 522. The summed E-state index contributed by atoms with van der Waals surface area (Å²) in [5.41, 5.74) is -0.359. The highest BCUT2D eigenvalue weighted by atomic mass is 19.4. The van der Waals surface area contributed by atoms with Crippen molar-refractivity contribution >= 4 is 0 Å².